The number of nitro groups is 1. The number of nitrogens with zero attached hydrogens (tertiary/aromatic N) is 3. The van der Waals surface area contributed by atoms with Crippen LogP contribution in [0.2, 0.25) is 0 Å². The topological polar surface area (TPSA) is 112 Å². The zero-order valence-electron chi connectivity index (χ0n) is 18.8. The molecular formula is C22H31N3O6. The molecule has 31 heavy (non-hydrogen) atoms. The van der Waals surface area contributed by atoms with Crippen LogP contribution in [0.5, 0.6) is 0 Å². The van der Waals surface area contributed by atoms with Gasteiger partial charge in [-0.3, -0.25) is 19.7 Å². The molecule has 1 aliphatic carbocycles. The molecule has 170 valence electrons. The van der Waals surface area contributed by atoms with Gasteiger partial charge in [-0.2, -0.15) is 0 Å². The summed E-state index contributed by atoms with van der Waals surface area (Å²) >= 11 is 0. The molecule has 0 amide bonds. The van der Waals surface area contributed by atoms with Gasteiger partial charge in [0.2, 0.25) is 0 Å². The van der Waals surface area contributed by atoms with Crippen molar-refractivity contribution in [1.82, 2.24) is 4.98 Å². The maximum Gasteiger partial charge on any atom is 0.310 e. The summed E-state index contributed by atoms with van der Waals surface area (Å²) in [7, 11) is 0. The molecular weight excluding hydrogens is 402 g/mol. The van der Waals surface area contributed by atoms with E-state index in [1.165, 1.54) is 13.1 Å². The quantitative estimate of drug-likeness (QED) is 0.392. The van der Waals surface area contributed by atoms with Gasteiger partial charge in [-0.25, -0.2) is 4.98 Å². The van der Waals surface area contributed by atoms with E-state index in [4.69, 9.17) is 9.47 Å². The third-order valence-corrected chi connectivity index (χ3v) is 5.57. The molecule has 1 fully saturated rings. The molecule has 3 rings (SSSR count). The van der Waals surface area contributed by atoms with Gasteiger partial charge in [-0.1, -0.05) is 6.92 Å². The van der Waals surface area contributed by atoms with Crippen molar-refractivity contribution >= 4 is 23.3 Å². The molecule has 1 aromatic rings. The number of aromatic nitrogens is 1. The van der Waals surface area contributed by atoms with Crippen LogP contribution in [-0.2, 0) is 25.5 Å². The minimum absolute atomic E-state index is 0.0349. The van der Waals surface area contributed by atoms with Crippen molar-refractivity contribution in [1.29, 1.82) is 0 Å². The van der Waals surface area contributed by atoms with Gasteiger partial charge in [-0.05, 0) is 51.9 Å². The van der Waals surface area contributed by atoms with E-state index >= 15 is 0 Å². The third kappa shape index (κ3) is 5.51. The highest BCUT2D eigenvalue weighted by Gasteiger charge is 2.38. The standard InChI is InChI=1S/C22H31N3O6/c1-13-8-15(9-19(27)31-22(3,4)5)12-24(11-13)21-16-6-7-18(30-14(2)26)20(16)23-10-17(21)25(28)29/h10,13,15,18H,6-9,11-12H2,1-5H3/t13-,15-,18?/m1/s1. The lowest BCUT2D eigenvalue weighted by Gasteiger charge is -2.38. The molecule has 2 aliphatic rings. The van der Waals surface area contributed by atoms with Crippen molar-refractivity contribution in [2.45, 2.75) is 72.0 Å². The SMILES string of the molecule is CC(=O)OC1CCc2c1ncc([N+](=O)[O-])c2N1C[C@H](C)C[C@H](CC(=O)OC(C)(C)C)C1. The highest BCUT2D eigenvalue weighted by Crippen LogP contribution is 2.44. The predicted octanol–water partition coefficient (Wildman–Crippen LogP) is 3.73. The Kier molecular flexibility index (Phi) is 6.52. The smallest absolute Gasteiger partial charge is 0.310 e. The Hall–Kier alpha value is -2.71. The third-order valence-electron chi connectivity index (χ3n) is 5.57. The first kappa shape index (κ1) is 23.0. The normalized spacial score (nSPS) is 23.3. The van der Waals surface area contributed by atoms with Crippen LogP contribution in [0, 0.1) is 22.0 Å². The van der Waals surface area contributed by atoms with E-state index in [0.29, 0.717) is 37.3 Å². The number of rotatable bonds is 5. The molecule has 1 unspecified atom stereocenters. The summed E-state index contributed by atoms with van der Waals surface area (Å²) in [5.74, 6) is -0.359. The van der Waals surface area contributed by atoms with E-state index in [2.05, 4.69) is 11.9 Å². The molecule has 9 heteroatoms. The average Bonchev–Trinajstić information content (AvgIpc) is 3.00. The van der Waals surface area contributed by atoms with E-state index in [-0.39, 0.29) is 29.9 Å². The molecule has 0 spiro atoms. The fourth-order valence-corrected chi connectivity index (χ4v) is 4.71. The van der Waals surface area contributed by atoms with Crippen LogP contribution < -0.4 is 4.90 Å². The summed E-state index contributed by atoms with van der Waals surface area (Å²) in [6.07, 6.45) is 3.02. The number of anilines is 1. The van der Waals surface area contributed by atoms with E-state index < -0.39 is 22.6 Å². The number of piperidine rings is 1. The van der Waals surface area contributed by atoms with Crippen LogP contribution in [0.15, 0.2) is 6.20 Å². The van der Waals surface area contributed by atoms with Gasteiger partial charge in [0.25, 0.3) is 0 Å². The monoisotopic (exact) mass is 433 g/mol. The maximum absolute atomic E-state index is 12.4. The summed E-state index contributed by atoms with van der Waals surface area (Å²) in [4.78, 5) is 41.5. The molecule has 1 aromatic heterocycles. The summed E-state index contributed by atoms with van der Waals surface area (Å²) in [5, 5.41) is 11.8. The maximum atomic E-state index is 12.4. The number of hydrogen-bond donors (Lipinski definition) is 0. The van der Waals surface area contributed by atoms with Crippen LogP contribution in [0.3, 0.4) is 0 Å². The Morgan fingerprint density at radius 1 is 1.32 bits per heavy atom. The second kappa shape index (κ2) is 8.80. The molecule has 2 heterocycles. The van der Waals surface area contributed by atoms with Crippen molar-refractivity contribution in [3.05, 3.63) is 27.6 Å². The minimum Gasteiger partial charge on any atom is -0.460 e. The molecule has 1 aliphatic heterocycles. The Morgan fingerprint density at radius 2 is 2.03 bits per heavy atom. The summed E-state index contributed by atoms with van der Waals surface area (Å²) in [6, 6.07) is 0. The number of esters is 2. The van der Waals surface area contributed by atoms with E-state index in [1.54, 1.807) is 0 Å². The minimum atomic E-state index is -0.548. The van der Waals surface area contributed by atoms with Crippen molar-refractivity contribution < 1.29 is 24.0 Å². The average molecular weight is 434 g/mol. The number of ether oxygens (including phenoxy) is 2. The van der Waals surface area contributed by atoms with Gasteiger partial charge in [-0.15, -0.1) is 0 Å². The fourth-order valence-electron chi connectivity index (χ4n) is 4.71. The number of pyridine rings is 1. The number of carbonyl (C=O) groups excluding carboxylic acids is 2. The van der Waals surface area contributed by atoms with Crippen LogP contribution in [0.4, 0.5) is 11.4 Å². The first-order valence-corrected chi connectivity index (χ1v) is 10.7. The summed E-state index contributed by atoms with van der Waals surface area (Å²) in [6.45, 7) is 10.1. The van der Waals surface area contributed by atoms with Crippen molar-refractivity contribution in [2.75, 3.05) is 18.0 Å². The van der Waals surface area contributed by atoms with Gasteiger partial charge < -0.3 is 14.4 Å². The van der Waals surface area contributed by atoms with Crippen LogP contribution in [0.1, 0.15) is 71.2 Å². The first-order chi connectivity index (χ1) is 14.4. The highest BCUT2D eigenvalue weighted by atomic mass is 16.6. The van der Waals surface area contributed by atoms with E-state index in [9.17, 15) is 19.7 Å². The zero-order chi connectivity index (χ0) is 22.9. The number of hydrogen-bond acceptors (Lipinski definition) is 8. The first-order valence-electron chi connectivity index (χ1n) is 10.7. The van der Waals surface area contributed by atoms with Crippen LogP contribution in [0.25, 0.3) is 0 Å². The zero-order valence-corrected chi connectivity index (χ0v) is 18.8. The van der Waals surface area contributed by atoms with Gasteiger partial charge in [0.1, 0.15) is 23.6 Å². The summed E-state index contributed by atoms with van der Waals surface area (Å²) in [5.41, 5.74) is 1.31. The molecule has 1 saturated heterocycles. The molecule has 0 radical (unpaired) electrons. The summed E-state index contributed by atoms with van der Waals surface area (Å²) < 4.78 is 10.9. The van der Waals surface area contributed by atoms with Gasteiger partial charge in [0.15, 0.2) is 0 Å². The van der Waals surface area contributed by atoms with Crippen molar-refractivity contribution in [2.24, 2.45) is 11.8 Å². The second-order valence-corrected chi connectivity index (χ2v) is 9.65. The van der Waals surface area contributed by atoms with E-state index in [1.807, 2.05) is 25.7 Å². The molecule has 0 aromatic carbocycles. The number of fused-ring (bicyclic) bond motifs is 1. The highest BCUT2D eigenvalue weighted by molar-refractivity contribution is 5.72. The lowest BCUT2D eigenvalue weighted by atomic mass is 9.87. The molecule has 3 atom stereocenters. The molecule has 0 bridgehead atoms. The Labute approximate surface area is 182 Å². The molecule has 9 nitrogen and oxygen atoms in total. The Bertz CT molecular complexity index is 879. The lowest BCUT2D eigenvalue weighted by Crippen LogP contribution is -2.41. The van der Waals surface area contributed by atoms with E-state index in [0.717, 1.165) is 12.0 Å². The Morgan fingerprint density at radius 3 is 2.65 bits per heavy atom. The van der Waals surface area contributed by atoms with Crippen LogP contribution in [-0.4, -0.2) is 40.5 Å². The van der Waals surface area contributed by atoms with Gasteiger partial charge in [0.05, 0.1) is 17.0 Å². The van der Waals surface area contributed by atoms with Gasteiger partial charge >= 0.3 is 17.6 Å². The second-order valence-electron chi connectivity index (χ2n) is 9.65. The Balaban J connectivity index is 1.90. The number of carbonyl (C=O) groups is 2. The lowest BCUT2D eigenvalue weighted by molar-refractivity contribution is -0.384. The van der Waals surface area contributed by atoms with Gasteiger partial charge in [0, 0.05) is 25.6 Å². The molecule has 0 saturated carbocycles. The largest absolute Gasteiger partial charge is 0.460 e. The van der Waals surface area contributed by atoms with Crippen molar-refractivity contribution in [3.63, 3.8) is 0 Å². The van der Waals surface area contributed by atoms with Crippen LogP contribution >= 0.6 is 0 Å². The molecule has 0 N–H and O–H groups in total. The van der Waals surface area contributed by atoms with Crippen molar-refractivity contribution in [3.8, 4) is 0 Å². The fraction of sp³-hybridized carbons (Fsp3) is 0.682. The predicted molar refractivity (Wildman–Crippen MR) is 114 cm³/mol.